The maximum absolute atomic E-state index is 10.6. The van der Waals surface area contributed by atoms with Gasteiger partial charge in [-0.2, -0.15) is 4.99 Å². The Morgan fingerprint density at radius 2 is 2.40 bits per heavy atom. The van der Waals surface area contributed by atoms with Gasteiger partial charge >= 0.3 is 0 Å². The molecule has 0 radical (unpaired) electrons. The third kappa shape index (κ3) is 0.711. The van der Waals surface area contributed by atoms with Crippen molar-refractivity contribution in [3.05, 3.63) is 11.9 Å². The molecule has 10 heavy (non-hydrogen) atoms. The van der Waals surface area contributed by atoms with Crippen LogP contribution in [0.15, 0.2) is 16.9 Å². The SMILES string of the molecule is C#CN1C=C(N=C=O)C1=O. The van der Waals surface area contributed by atoms with Crippen LogP contribution in [0.25, 0.3) is 0 Å². The molecule has 4 heteroatoms. The molecular formula is C6H2N2O2. The number of nitrogens with zero attached hydrogens (tertiary/aromatic N) is 2. The van der Waals surface area contributed by atoms with Gasteiger partial charge in [0.05, 0.1) is 6.20 Å². The van der Waals surface area contributed by atoms with Crippen LogP contribution in [0, 0.1) is 12.5 Å². The lowest BCUT2D eigenvalue weighted by Crippen LogP contribution is -2.31. The van der Waals surface area contributed by atoms with Crippen LogP contribution in [0.3, 0.4) is 0 Å². The van der Waals surface area contributed by atoms with E-state index in [2.05, 4.69) is 11.0 Å². The smallest absolute Gasteiger partial charge is 0.266 e. The summed E-state index contributed by atoms with van der Waals surface area (Å²) in [6, 6.07) is 2.06. The first-order valence-corrected chi connectivity index (χ1v) is 2.39. The minimum atomic E-state index is -0.439. The molecule has 0 aromatic carbocycles. The highest BCUT2D eigenvalue weighted by atomic mass is 16.2. The number of amides is 1. The first-order chi connectivity index (χ1) is 4.79. The van der Waals surface area contributed by atoms with Gasteiger partial charge in [-0.3, -0.25) is 4.79 Å². The van der Waals surface area contributed by atoms with Crippen LogP contribution in [-0.2, 0) is 9.59 Å². The Labute approximate surface area is 56.8 Å². The molecule has 0 aliphatic carbocycles. The molecule has 0 bridgehead atoms. The van der Waals surface area contributed by atoms with E-state index in [1.807, 2.05) is 0 Å². The normalized spacial score (nSPS) is 14.5. The highest BCUT2D eigenvalue weighted by Crippen LogP contribution is 2.13. The highest BCUT2D eigenvalue weighted by Gasteiger charge is 2.25. The minimum absolute atomic E-state index is 0.0490. The molecule has 0 aromatic rings. The fourth-order valence-electron chi connectivity index (χ4n) is 0.515. The topological polar surface area (TPSA) is 49.7 Å². The molecule has 0 saturated carbocycles. The van der Waals surface area contributed by atoms with Crippen molar-refractivity contribution in [1.82, 2.24) is 4.90 Å². The summed E-state index contributed by atoms with van der Waals surface area (Å²) in [5.41, 5.74) is 0.0490. The standard InChI is InChI=1S/C6H2N2O2/c1-2-8-3-5(6(8)10)7-4-9/h1,3H. The second-order valence-electron chi connectivity index (χ2n) is 1.52. The average molecular weight is 134 g/mol. The number of isocyanates is 1. The van der Waals surface area contributed by atoms with Crippen molar-refractivity contribution in [1.29, 1.82) is 0 Å². The number of terminal acetylenes is 1. The van der Waals surface area contributed by atoms with E-state index in [0.717, 1.165) is 4.90 Å². The van der Waals surface area contributed by atoms with Crippen molar-refractivity contribution in [2.24, 2.45) is 4.99 Å². The Kier molecular flexibility index (Phi) is 1.36. The van der Waals surface area contributed by atoms with Crippen molar-refractivity contribution in [3.8, 4) is 12.5 Å². The molecule has 1 rings (SSSR count). The van der Waals surface area contributed by atoms with Crippen LogP contribution in [0.4, 0.5) is 0 Å². The molecule has 0 fully saturated rings. The van der Waals surface area contributed by atoms with E-state index in [9.17, 15) is 9.59 Å². The predicted molar refractivity (Wildman–Crippen MR) is 31.9 cm³/mol. The summed E-state index contributed by atoms with van der Waals surface area (Å²) in [5.74, 6) is -0.439. The quantitative estimate of drug-likeness (QED) is 0.278. The van der Waals surface area contributed by atoms with E-state index < -0.39 is 5.91 Å². The molecule has 0 N–H and O–H groups in total. The van der Waals surface area contributed by atoms with Crippen LogP contribution in [0.1, 0.15) is 0 Å². The van der Waals surface area contributed by atoms with Crippen LogP contribution in [0.2, 0.25) is 0 Å². The fourth-order valence-corrected chi connectivity index (χ4v) is 0.515. The number of carbonyl (C=O) groups excluding carboxylic acids is 2. The molecule has 1 aliphatic rings. The van der Waals surface area contributed by atoms with Gasteiger partial charge in [-0.25, -0.2) is 9.69 Å². The highest BCUT2D eigenvalue weighted by molar-refractivity contribution is 6.01. The summed E-state index contributed by atoms with van der Waals surface area (Å²) in [4.78, 5) is 24.3. The van der Waals surface area contributed by atoms with E-state index in [4.69, 9.17) is 6.42 Å². The van der Waals surface area contributed by atoms with Crippen molar-refractivity contribution in [2.75, 3.05) is 0 Å². The average Bonchev–Trinajstić information content (AvgIpc) is 1.96. The maximum atomic E-state index is 10.6. The first kappa shape index (κ1) is 6.27. The minimum Gasteiger partial charge on any atom is -0.266 e. The van der Waals surface area contributed by atoms with Crippen LogP contribution in [-0.4, -0.2) is 16.9 Å². The zero-order chi connectivity index (χ0) is 7.56. The van der Waals surface area contributed by atoms with Crippen LogP contribution in [0.5, 0.6) is 0 Å². The number of hydrogen-bond acceptors (Lipinski definition) is 3. The molecule has 0 aromatic heterocycles. The van der Waals surface area contributed by atoms with Gasteiger partial charge in [0, 0.05) is 6.04 Å². The lowest BCUT2D eigenvalue weighted by molar-refractivity contribution is -0.124. The molecule has 48 valence electrons. The van der Waals surface area contributed by atoms with Gasteiger partial charge in [0.15, 0.2) is 5.70 Å². The van der Waals surface area contributed by atoms with Crippen LogP contribution < -0.4 is 0 Å². The van der Waals surface area contributed by atoms with E-state index in [0.29, 0.717) is 0 Å². The zero-order valence-corrected chi connectivity index (χ0v) is 4.87. The molecular weight excluding hydrogens is 132 g/mol. The van der Waals surface area contributed by atoms with Gasteiger partial charge in [0.1, 0.15) is 0 Å². The summed E-state index contributed by atoms with van der Waals surface area (Å²) >= 11 is 0. The Morgan fingerprint density at radius 1 is 1.70 bits per heavy atom. The molecule has 4 nitrogen and oxygen atoms in total. The lowest BCUT2D eigenvalue weighted by Gasteiger charge is -2.17. The predicted octanol–water partition coefficient (Wildman–Crippen LogP) is -0.403. The van der Waals surface area contributed by atoms with Crippen molar-refractivity contribution < 1.29 is 9.59 Å². The van der Waals surface area contributed by atoms with Gasteiger partial charge < -0.3 is 0 Å². The molecule has 0 unspecified atom stereocenters. The van der Waals surface area contributed by atoms with Gasteiger partial charge in [-0.15, -0.1) is 0 Å². The molecule has 1 heterocycles. The summed E-state index contributed by atoms with van der Waals surface area (Å²) in [6.07, 6.45) is 7.37. The Morgan fingerprint density at radius 3 is 2.80 bits per heavy atom. The van der Waals surface area contributed by atoms with E-state index in [1.54, 1.807) is 0 Å². The first-order valence-electron chi connectivity index (χ1n) is 2.39. The third-order valence-electron chi connectivity index (χ3n) is 0.994. The van der Waals surface area contributed by atoms with Gasteiger partial charge in [-0.05, 0) is 0 Å². The molecule has 0 saturated heterocycles. The molecule has 0 spiro atoms. The van der Waals surface area contributed by atoms with Gasteiger partial charge in [0.2, 0.25) is 6.08 Å². The third-order valence-corrected chi connectivity index (χ3v) is 0.994. The Hall–Kier alpha value is -1.85. The van der Waals surface area contributed by atoms with Gasteiger partial charge in [-0.1, -0.05) is 6.42 Å². The number of aliphatic imine (C=N–C) groups is 1. The van der Waals surface area contributed by atoms with E-state index in [1.165, 1.54) is 12.3 Å². The second-order valence-corrected chi connectivity index (χ2v) is 1.52. The van der Waals surface area contributed by atoms with Gasteiger partial charge in [0.25, 0.3) is 5.91 Å². The van der Waals surface area contributed by atoms with Crippen LogP contribution >= 0.6 is 0 Å². The Balaban J connectivity index is 2.83. The number of rotatable bonds is 1. The second kappa shape index (κ2) is 2.18. The summed E-state index contributed by atoms with van der Waals surface area (Å²) in [6.45, 7) is 0. The monoisotopic (exact) mass is 134 g/mol. The molecule has 1 amide bonds. The van der Waals surface area contributed by atoms with E-state index >= 15 is 0 Å². The largest absolute Gasteiger partial charge is 0.290 e. The van der Waals surface area contributed by atoms with Crippen molar-refractivity contribution >= 4 is 12.0 Å². The molecule has 0 atom stereocenters. The van der Waals surface area contributed by atoms with Crippen molar-refractivity contribution in [3.63, 3.8) is 0 Å². The zero-order valence-electron chi connectivity index (χ0n) is 4.87. The van der Waals surface area contributed by atoms with E-state index in [-0.39, 0.29) is 5.70 Å². The number of carbonyl (C=O) groups is 1. The Bertz CT molecular complexity index is 291. The lowest BCUT2D eigenvalue weighted by atomic mass is 10.3. The summed E-state index contributed by atoms with van der Waals surface area (Å²) in [7, 11) is 0. The maximum Gasteiger partial charge on any atom is 0.290 e. The summed E-state index contributed by atoms with van der Waals surface area (Å²) < 4.78 is 0. The summed E-state index contributed by atoms with van der Waals surface area (Å²) in [5, 5.41) is 0. The molecule has 1 aliphatic heterocycles. The van der Waals surface area contributed by atoms with Crippen molar-refractivity contribution in [2.45, 2.75) is 0 Å². The number of hydrogen-bond donors (Lipinski definition) is 0. The fraction of sp³-hybridized carbons (Fsp3) is 0.